The lowest BCUT2D eigenvalue weighted by Crippen LogP contribution is -2.42. The molecular weight excluding hydrogens is 256 g/mol. The zero-order chi connectivity index (χ0) is 15.3. The van der Waals surface area contributed by atoms with Crippen molar-refractivity contribution in [3.63, 3.8) is 0 Å². The average Bonchev–Trinajstić information content (AvgIpc) is 2.33. The molecule has 1 amide bonds. The number of anilines is 1. The number of nitrogens with one attached hydrogen (secondary N) is 1. The van der Waals surface area contributed by atoms with Crippen molar-refractivity contribution in [2.75, 3.05) is 18.5 Å². The molecule has 1 atom stereocenters. The van der Waals surface area contributed by atoms with E-state index >= 15 is 0 Å². The molecule has 0 radical (unpaired) electrons. The van der Waals surface area contributed by atoms with Gasteiger partial charge in [0, 0.05) is 25.8 Å². The molecule has 0 aliphatic rings. The average molecular weight is 280 g/mol. The van der Waals surface area contributed by atoms with Crippen LogP contribution in [0.1, 0.15) is 33.5 Å². The standard InChI is InChI=1S/C14H24N4O2/c1-10(9-16-13(19)20-14(3,4)5)18(6)12-7-8-15-11(2)17-12/h7-8,10H,9H2,1-6H3,(H,16,19)/t10-/m0/s1. The first-order valence-electron chi connectivity index (χ1n) is 6.68. The molecule has 1 rings (SSSR count). The van der Waals surface area contributed by atoms with Crippen LogP contribution >= 0.6 is 0 Å². The number of hydrogen-bond donors (Lipinski definition) is 1. The van der Waals surface area contributed by atoms with Gasteiger partial charge >= 0.3 is 6.09 Å². The van der Waals surface area contributed by atoms with Crippen LogP contribution in [0.3, 0.4) is 0 Å². The lowest BCUT2D eigenvalue weighted by Gasteiger charge is -2.27. The molecule has 1 heterocycles. The molecule has 0 aliphatic carbocycles. The maximum atomic E-state index is 11.6. The highest BCUT2D eigenvalue weighted by Crippen LogP contribution is 2.11. The molecule has 1 aromatic rings. The number of alkyl carbamates (subject to hydrolysis) is 1. The predicted molar refractivity (Wildman–Crippen MR) is 78.9 cm³/mol. The second-order valence-corrected chi connectivity index (χ2v) is 5.80. The van der Waals surface area contributed by atoms with Crippen molar-refractivity contribution in [3.8, 4) is 0 Å². The zero-order valence-electron chi connectivity index (χ0n) is 13.1. The number of amides is 1. The number of aromatic nitrogens is 2. The first kappa shape index (κ1) is 16.2. The molecule has 0 fully saturated rings. The summed E-state index contributed by atoms with van der Waals surface area (Å²) in [4.78, 5) is 22.0. The summed E-state index contributed by atoms with van der Waals surface area (Å²) < 4.78 is 5.20. The van der Waals surface area contributed by atoms with Crippen LogP contribution in [0.4, 0.5) is 10.6 Å². The van der Waals surface area contributed by atoms with Gasteiger partial charge in [0.1, 0.15) is 17.2 Å². The van der Waals surface area contributed by atoms with Gasteiger partial charge in [-0.3, -0.25) is 0 Å². The van der Waals surface area contributed by atoms with Crippen molar-refractivity contribution in [1.29, 1.82) is 0 Å². The number of ether oxygens (including phenoxy) is 1. The first-order valence-corrected chi connectivity index (χ1v) is 6.68. The number of rotatable bonds is 4. The van der Waals surface area contributed by atoms with E-state index in [-0.39, 0.29) is 6.04 Å². The Kier molecular flexibility index (Phi) is 5.30. The number of carbonyl (C=O) groups excluding carboxylic acids is 1. The maximum Gasteiger partial charge on any atom is 0.407 e. The Hall–Kier alpha value is -1.85. The largest absolute Gasteiger partial charge is 0.444 e. The number of likely N-dealkylation sites (N-methyl/N-ethyl adjacent to an activating group) is 1. The quantitative estimate of drug-likeness (QED) is 0.915. The highest BCUT2D eigenvalue weighted by atomic mass is 16.6. The van der Waals surface area contributed by atoms with E-state index in [9.17, 15) is 4.79 Å². The fourth-order valence-electron chi connectivity index (χ4n) is 1.55. The van der Waals surface area contributed by atoms with Gasteiger partial charge in [0.05, 0.1) is 0 Å². The van der Waals surface area contributed by atoms with Gasteiger partial charge in [-0.2, -0.15) is 0 Å². The Bertz CT molecular complexity index is 457. The molecule has 0 aromatic carbocycles. The van der Waals surface area contributed by atoms with E-state index in [1.54, 1.807) is 6.20 Å². The molecule has 6 heteroatoms. The molecule has 0 bridgehead atoms. The Balaban J connectivity index is 2.50. The van der Waals surface area contributed by atoms with Crippen LogP contribution in [0, 0.1) is 6.92 Å². The van der Waals surface area contributed by atoms with Crippen molar-refractivity contribution in [2.45, 2.75) is 46.3 Å². The molecule has 0 spiro atoms. The molecule has 0 unspecified atom stereocenters. The van der Waals surface area contributed by atoms with Crippen molar-refractivity contribution in [2.24, 2.45) is 0 Å². The summed E-state index contributed by atoms with van der Waals surface area (Å²) in [6, 6.07) is 1.94. The topological polar surface area (TPSA) is 67.4 Å². The second kappa shape index (κ2) is 6.54. The summed E-state index contributed by atoms with van der Waals surface area (Å²) >= 11 is 0. The fraction of sp³-hybridized carbons (Fsp3) is 0.643. The number of aryl methyl sites for hydroxylation is 1. The third kappa shape index (κ3) is 5.42. The normalized spacial score (nSPS) is 12.7. The minimum Gasteiger partial charge on any atom is -0.444 e. The highest BCUT2D eigenvalue weighted by molar-refractivity contribution is 5.67. The summed E-state index contributed by atoms with van der Waals surface area (Å²) in [5.41, 5.74) is -0.483. The van der Waals surface area contributed by atoms with E-state index in [4.69, 9.17) is 4.74 Å². The number of carbonyl (C=O) groups is 1. The monoisotopic (exact) mass is 280 g/mol. The summed E-state index contributed by atoms with van der Waals surface area (Å²) in [6.45, 7) is 9.85. The van der Waals surface area contributed by atoms with E-state index in [1.165, 1.54) is 0 Å². The van der Waals surface area contributed by atoms with Gasteiger partial charge in [-0.05, 0) is 40.7 Å². The molecule has 1 aromatic heterocycles. The van der Waals surface area contributed by atoms with Crippen LogP contribution < -0.4 is 10.2 Å². The molecule has 0 saturated carbocycles. The summed E-state index contributed by atoms with van der Waals surface area (Å²) in [6.07, 6.45) is 1.32. The molecular formula is C14H24N4O2. The van der Waals surface area contributed by atoms with Gasteiger partial charge in [0.2, 0.25) is 0 Å². The van der Waals surface area contributed by atoms with E-state index in [0.717, 1.165) is 11.6 Å². The zero-order valence-corrected chi connectivity index (χ0v) is 13.1. The maximum absolute atomic E-state index is 11.6. The van der Waals surface area contributed by atoms with Crippen LogP contribution in [0.25, 0.3) is 0 Å². The molecule has 0 aliphatic heterocycles. The predicted octanol–water partition coefficient (Wildman–Crippen LogP) is 2.13. The van der Waals surface area contributed by atoms with Gasteiger partial charge in [-0.15, -0.1) is 0 Å². The van der Waals surface area contributed by atoms with E-state index in [1.807, 2.05) is 52.6 Å². The van der Waals surface area contributed by atoms with Crippen LogP contribution in [0.15, 0.2) is 12.3 Å². The summed E-state index contributed by atoms with van der Waals surface area (Å²) in [5, 5.41) is 2.76. The smallest absolute Gasteiger partial charge is 0.407 e. The summed E-state index contributed by atoms with van der Waals surface area (Å²) in [5.74, 6) is 1.55. The molecule has 112 valence electrons. The van der Waals surface area contributed by atoms with Gasteiger partial charge in [-0.25, -0.2) is 14.8 Å². The van der Waals surface area contributed by atoms with Gasteiger partial charge in [0.15, 0.2) is 0 Å². The molecule has 6 nitrogen and oxygen atoms in total. The van der Waals surface area contributed by atoms with E-state index in [2.05, 4.69) is 15.3 Å². The fourth-order valence-corrected chi connectivity index (χ4v) is 1.55. The molecule has 0 saturated heterocycles. The SMILES string of the molecule is Cc1nccc(N(C)[C@@H](C)CNC(=O)OC(C)(C)C)n1. The lowest BCUT2D eigenvalue weighted by molar-refractivity contribution is 0.0525. The molecule has 20 heavy (non-hydrogen) atoms. The Labute approximate surface area is 120 Å². The third-order valence-electron chi connectivity index (χ3n) is 2.72. The third-order valence-corrected chi connectivity index (χ3v) is 2.72. The van der Waals surface area contributed by atoms with Gasteiger partial charge < -0.3 is 15.0 Å². The highest BCUT2D eigenvalue weighted by Gasteiger charge is 2.18. The van der Waals surface area contributed by atoms with Crippen LogP contribution in [0.5, 0.6) is 0 Å². The van der Waals surface area contributed by atoms with Crippen LogP contribution in [0.2, 0.25) is 0 Å². The first-order chi connectivity index (χ1) is 9.19. The van der Waals surface area contributed by atoms with Gasteiger partial charge in [0.25, 0.3) is 0 Å². The Morgan fingerprint density at radius 3 is 2.70 bits per heavy atom. The van der Waals surface area contributed by atoms with E-state index < -0.39 is 11.7 Å². The summed E-state index contributed by atoms with van der Waals surface area (Å²) in [7, 11) is 1.93. The van der Waals surface area contributed by atoms with Crippen molar-refractivity contribution < 1.29 is 9.53 Å². The van der Waals surface area contributed by atoms with Crippen molar-refractivity contribution in [3.05, 3.63) is 18.1 Å². The number of nitrogens with zero attached hydrogens (tertiary/aromatic N) is 3. The van der Waals surface area contributed by atoms with Crippen molar-refractivity contribution >= 4 is 11.9 Å². The van der Waals surface area contributed by atoms with Crippen LogP contribution in [-0.4, -0.2) is 41.3 Å². The van der Waals surface area contributed by atoms with Crippen molar-refractivity contribution in [1.82, 2.24) is 15.3 Å². The van der Waals surface area contributed by atoms with Crippen LogP contribution in [-0.2, 0) is 4.74 Å². The van der Waals surface area contributed by atoms with E-state index in [0.29, 0.717) is 6.54 Å². The lowest BCUT2D eigenvalue weighted by atomic mass is 10.2. The Morgan fingerprint density at radius 2 is 2.15 bits per heavy atom. The minimum atomic E-state index is -0.483. The number of hydrogen-bond acceptors (Lipinski definition) is 5. The Morgan fingerprint density at radius 1 is 1.50 bits per heavy atom. The molecule has 1 N–H and O–H groups in total. The minimum absolute atomic E-state index is 0.0943. The second-order valence-electron chi connectivity index (χ2n) is 5.80. The van der Waals surface area contributed by atoms with Gasteiger partial charge in [-0.1, -0.05) is 0 Å².